The van der Waals surface area contributed by atoms with Crippen molar-refractivity contribution in [1.29, 1.82) is 0 Å². The number of nitrogens with zero attached hydrogens (tertiary/aromatic N) is 6. The largest absolute Gasteiger partial charge is 0.363 e. The van der Waals surface area contributed by atoms with Crippen LogP contribution in [0.2, 0.25) is 0 Å². The summed E-state index contributed by atoms with van der Waals surface area (Å²) in [5, 5.41) is 14.5. The molecular weight excluding hydrogens is 348 g/mol. The second kappa shape index (κ2) is 6.33. The van der Waals surface area contributed by atoms with E-state index in [0.717, 1.165) is 65.5 Å². The minimum absolute atomic E-state index is 0.381. The van der Waals surface area contributed by atoms with Gasteiger partial charge in [0.1, 0.15) is 22.5 Å². The van der Waals surface area contributed by atoms with E-state index in [4.69, 9.17) is 0 Å². The van der Waals surface area contributed by atoms with Crippen molar-refractivity contribution in [3.63, 3.8) is 0 Å². The number of likely N-dealkylation sites (tertiary alicyclic amines) is 1. The molecule has 0 bridgehead atoms. The van der Waals surface area contributed by atoms with Gasteiger partial charge in [-0.3, -0.25) is 4.90 Å². The molecule has 1 aliphatic heterocycles. The molecular formula is C17H20N8S. The zero-order valence-electron chi connectivity index (χ0n) is 14.5. The van der Waals surface area contributed by atoms with E-state index in [9.17, 15) is 0 Å². The fourth-order valence-electron chi connectivity index (χ4n) is 3.75. The molecule has 1 atom stereocenters. The highest BCUT2D eigenvalue weighted by molar-refractivity contribution is 7.10. The Morgan fingerprint density at radius 2 is 2.38 bits per heavy atom. The standard InChI is InChI=1S/C17H20N8S/c1-11-7-14(26-22-11)19-9-24-6-2-3-12(8-24)15-16-13-4-5-18-17(13)20-10-25(16)23-21-15/h4-5,7,10,12,18-19H,2-3,6,8-9H2,1H3. The number of aromatic amines is 1. The lowest BCUT2D eigenvalue weighted by molar-refractivity contribution is 0.220. The van der Waals surface area contributed by atoms with E-state index in [1.807, 2.05) is 13.1 Å². The smallest absolute Gasteiger partial charge is 0.141 e. The molecule has 1 aliphatic rings. The van der Waals surface area contributed by atoms with Gasteiger partial charge < -0.3 is 10.3 Å². The summed E-state index contributed by atoms with van der Waals surface area (Å²) in [4.78, 5) is 10.0. The first-order valence-electron chi connectivity index (χ1n) is 8.84. The van der Waals surface area contributed by atoms with Crippen LogP contribution in [0, 0.1) is 6.92 Å². The second-order valence-corrected chi connectivity index (χ2v) is 7.64. The predicted octanol–water partition coefficient (Wildman–Crippen LogP) is 2.62. The lowest BCUT2D eigenvalue weighted by Crippen LogP contribution is -2.37. The van der Waals surface area contributed by atoms with Crippen LogP contribution in [0.25, 0.3) is 16.6 Å². The number of aryl methyl sites for hydroxylation is 1. The Kier molecular flexibility index (Phi) is 3.83. The molecule has 1 saturated heterocycles. The van der Waals surface area contributed by atoms with Gasteiger partial charge in [0.05, 0.1) is 18.1 Å². The first kappa shape index (κ1) is 15.7. The van der Waals surface area contributed by atoms with E-state index in [-0.39, 0.29) is 0 Å². The van der Waals surface area contributed by atoms with Crippen LogP contribution < -0.4 is 5.32 Å². The molecule has 5 heterocycles. The number of hydrogen-bond donors (Lipinski definition) is 2. The monoisotopic (exact) mass is 368 g/mol. The van der Waals surface area contributed by atoms with Gasteiger partial charge in [-0.15, -0.1) is 5.10 Å². The van der Waals surface area contributed by atoms with Gasteiger partial charge in [0, 0.05) is 24.0 Å². The molecule has 1 unspecified atom stereocenters. The van der Waals surface area contributed by atoms with Gasteiger partial charge in [-0.1, -0.05) is 5.21 Å². The summed E-state index contributed by atoms with van der Waals surface area (Å²) in [7, 11) is 0. The van der Waals surface area contributed by atoms with Gasteiger partial charge in [-0.2, -0.15) is 4.37 Å². The maximum Gasteiger partial charge on any atom is 0.141 e. The van der Waals surface area contributed by atoms with E-state index in [1.54, 1.807) is 10.8 Å². The first-order valence-corrected chi connectivity index (χ1v) is 9.62. The zero-order valence-corrected chi connectivity index (χ0v) is 15.3. The number of hydrogen-bond acceptors (Lipinski definition) is 7. The Morgan fingerprint density at radius 3 is 3.27 bits per heavy atom. The predicted molar refractivity (Wildman–Crippen MR) is 102 cm³/mol. The summed E-state index contributed by atoms with van der Waals surface area (Å²) in [6.07, 6.45) is 5.95. The average Bonchev–Trinajstić information content (AvgIpc) is 3.38. The Morgan fingerprint density at radius 1 is 1.42 bits per heavy atom. The molecule has 0 amide bonds. The Labute approximate surface area is 154 Å². The van der Waals surface area contributed by atoms with Crippen molar-refractivity contribution in [2.24, 2.45) is 0 Å². The fraction of sp³-hybridized carbons (Fsp3) is 0.412. The van der Waals surface area contributed by atoms with Crippen molar-refractivity contribution in [3.05, 3.63) is 36.0 Å². The van der Waals surface area contributed by atoms with E-state index in [2.05, 4.69) is 47.0 Å². The SMILES string of the molecule is Cc1cc(NCN2CCCC(c3nnn4cnc5[nH]ccc5c34)C2)sn1. The van der Waals surface area contributed by atoms with Gasteiger partial charge in [0.2, 0.25) is 0 Å². The van der Waals surface area contributed by atoms with Crippen molar-refractivity contribution < 1.29 is 0 Å². The lowest BCUT2D eigenvalue weighted by atomic mass is 9.94. The minimum Gasteiger partial charge on any atom is -0.363 e. The quantitative estimate of drug-likeness (QED) is 0.576. The zero-order chi connectivity index (χ0) is 17.5. The highest BCUT2D eigenvalue weighted by Gasteiger charge is 2.26. The number of rotatable bonds is 4. The topological polar surface area (TPSA) is 87.0 Å². The molecule has 0 saturated carbocycles. The number of piperidine rings is 1. The number of anilines is 1. The highest BCUT2D eigenvalue weighted by atomic mass is 32.1. The Bertz CT molecular complexity index is 1050. The molecule has 4 aromatic heterocycles. The van der Waals surface area contributed by atoms with Crippen LogP contribution in [0.4, 0.5) is 5.00 Å². The lowest BCUT2D eigenvalue weighted by Gasteiger charge is -2.31. The van der Waals surface area contributed by atoms with E-state index in [1.165, 1.54) is 11.5 Å². The van der Waals surface area contributed by atoms with Crippen molar-refractivity contribution in [1.82, 2.24) is 34.1 Å². The van der Waals surface area contributed by atoms with Crippen LogP contribution in [0.15, 0.2) is 24.7 Å². The Hall–Kier alpha value is -2.52. The molecule has 4 aromatic rings. The molecule has 0 radical (unpaired) electrons. The molecule has 9 heteroatoms. The summed E-state index contributed by atoms with van der Waals surface area (Å²) in [6, 6.07) is 4.15. The maximum atomic E-state index is 4.51. The molecule has 0 aliphatic carbocycles. The molecule has 26 heavy (non-hydrogen) atoms. The number of fused-ring (bicyclic) bond motifs is 3. The van der Waals surface area contributed by atoms with Crippen molar-refractivity contribution >= 4 is 33.1 Å². The number of aromatic nitrogens is 6. The molecule has 8 nitrogen and oxygen atoms in total. The summed E-state index contributed by atoms with van der Waals surface area (Å²) < 4.78 is 6.12. The third-order valence-corrected chi connectivity index (χ3v) is 5.83. The van der Waals surface area contributed by atoms with Gasteiger partial charge >= 0.3 is 0 Å². The van der Waals surface area contributed by atoms with Gasteiger partial charge in [-0.25, -0.2) is 9.50 Å². The first-order chi connectivity index (χ1) is 12.8. The van der Waals surface area contributed by atoms with Crippen LogP contribution in [0.1, 0.15) is 30.1 Å². The molecule has 1 fully saturated rings. The van der Waals surface area contributed by atoms with Gasteiger partial charge in [-0.05, 0) is 50.0 Å². The summed E-state index contributed by atoms with van der Waals surface area (Å²) in [5.41, 5.74) is 4.11. The Balaban J connectivity index is 1.38. The molecule has 134 valence electrons. The van der Waals surface area contributed by atoms with Gasteiger partial charge in [0.25, 0.3) is 0 Å². The van der Waals surface area contributed by atoms with Crippen LogP contribution in [0.5, 0.6) is 0 Å². The van der Waals surface area contributed by atoms with Crippen LogP contribution >= 0.6 is 11.5 Å². The van der Waals surface area contributed by atoms with Gasteiger partial charge in [0.15, 0.2) is 0 Å². The van der Waals surface area contributed by atoms with E-state index in [0.29, 0.717) is 5.92 Å². The normalized spacial score (nSPS) is 18.7. The van der Waals surface area contributed by atoms with Crippen molar-refractivity contribution in [3.8, 4) is 0 Å². The fourth-order valence-corrected chi connectivity index (χ4v) is 4.40. The van der Waals surface area contributed by atoms with Crippen LogP contribution in [-0.4, -0.2) is 53.8 Å². The third kappa shape index (κ3) is 2.73. The minimum atomic E-state index is 0.381. The summed E-state index contributed by atoms with van der Waals surface area (Å²) >= 11 is 1.52. The third-order valence-electron chi connectivity index (χ3n) is 4.99. The highest BCUT2D eigenvalue weighted by Crippen LogP contribution is 2.31. The summed E-state index contributed by atoms with van der Waals surface area (Å²) in [6.45, 7) is 4.93. The maximum absolute atomic E-state index is 4.51. The van der Waals surface area contributed by atoms with Crippen molar-refractivity contribution in [2.45, 2.75) is 25.7 Å². The van der Waals surface area contributed by atoms with E-state index < -0.39 is 0 Å². The second-order valence-electron chi connectivity index (χ2n) is 6.84. The molecule has 2 N–H and O–H groups in total. The van der Waals surface area contributed by atoms with Crippen LogP contribution in [-0.2, 0) is 0 Å². The average molecular weight is 368 g/mol. The number of H-pyrrole nitrogens is 1. The van der Waals surface area contributed by atoms with E-state index >= 15 is 0 Å². The van der Waals surface area contributed by atoms with Crippen molar-refractivity contribution in [2.75, 3.05) is 25.1 Å². The number of nitrogens with one attached hydrogen (secondary N) is 2. The van der Waals surface area contributed by atoms with Crippen LogP contribution in [0.3, 0.4) is 0 Å². The summed E-state index contributed by atoms with van der Waals surface area (Å²) in [5.74, 6) is 0.381. The molecule has 0 spiro atoms. The molecule has 5 rings (SSSR count). The molecule has 0 aromatic carbocycles.